The molecular formula is C16H10BrClN2O. The molecule has 3 aromatic rings. The normalized spacial score (nSPS) is 10.6. The lowest BCUT2D eigenvalue weighted by molar-refractivity contribution is 0.102. The van der Waals surface area contributed by atoms with E-state index >= 15 is 0 Å². The van der Waals surface area contributed by atoms with Crippen molar-refractivity contribution in [1.29, 1.82) is 0 Å². The molecule has 0 saturated heterocycles. The van der Waals surface area contributed by atoms with Gasteiger partial charge >= 0.3 is 0 Å². The highest BCUT2D eigenvalue weighted by molar-refractivity contribution is 9.10. The van der Waals surface area contributed by atoms with Crippen molar-refractivity contribution in [3.05, 3.63) is 69.8 Å². The largest absolute Gasteiger partial charge is 0.321 e. The fourth-order valence-corrected chi connectivity index (χ4v) is 2.41. The number of benzene rings is 2. The van der Waals surface area contributed by atoms with Gasteiger partial charge in [0.05, 0.1) is 22.4 Å². The maximum atomic E-state index is 12.2. The number of pyridine rings is 1. The van der Waals surface area contributed by atoms with Gasteiger partial charge in [-0.25, -0.2) is 0 Å². The fourth-order valence-electron chi connectivity index (χ4n) is 1.98. The summed E-state index contributed by atoms with van der Waals surface area (Å²) in [4.78, 5) is 16.5. The van der Waals surface area contributed by atoms with Gasteiger partial charge in [0, 0.05) is 15.4 Å². The van der Waals surface area contributed by atoms with Crippen molar-refractivity contribution in [2.45, 2.75) is 0 Å². The summed E-state index contributed by atoms with van der Waals surface area (Å²) in [6.07, 6.45) is 1.64. The molecule has 1 aromatic heterocycles. The van der Waals surface area contributed by atoms with Gasteiger partial charge in [-0.2, -0.15) is 0 Å². The van der Waals surface area contributed by atoms with E-state index in [-0.39, 0.29) is 5.91 Å². The number of aromatic nitrogens is 1. The molecule has 0 saturated carbocycles. The molecule has 0 spiro atoms. The SMILES string of the molecule is O=C(Nc1cnc2ccccc2c1)c1ccc(Br)c(Cl)c1. The van der Waals surface area contributed by atoms with Gasteiger partial charge in [0.25, 0.3) is 5.91 Å². The molecule has 0 aliphatic rings. The van der Waals surface area contributed by atoms with Crippen molar-refractivity contribution in [2.24, 2.45) is 0 Å². The average Bonchev–Trinajstić information content (AvgIpc) is 2.50. The molecule has 0 aliphatic carbocycles. The molecule has 1 heterocycles. The molecule has 5 heteroatoms. The van der Waals surface area contributed by atoms with Crippen LogP contribution in [0.25, 0.3) is 10.9 Å². The van der Waals surface area contributed by atoms with E-state index in [1.165, 1.54) is 0 Å². The highest BCUT2D eigenvalue weighted by atomic mass is 79.9. The highest BCUT2D eigenvalue weighted by Crippen LogP contribution is 2.24. The van der Waals surface area contributed by atoms with Crippen LogP contribution in [-0.2, 0) is 0 Å². The molecule has 1 N–H and O–H groups in total. The van der Waals surface area contributed by atoms with Gasteiger partial charge in [0.2, 0.25) is 0 Å². The van der Waals surface area contributed by atoms with Crippen molar-refractivity contribution in [3.8, 4) is 0 Å². The molecule has 21 heavy (non-hydrogen) atoms. The Labute approximate surface area is 135 Å². The first-order chi connectivity index (χ1) is 10.1. The molecule has 0 fully saturated rings. The predicted molar refractivity (Wildman–Crippen MR) is 88.8 cm³/mol. The van der Waals surface area contributed by atoms with Crippen molar-refractivity contribution < 1.29 is 4.79 Å². The van der Waals surface area contributed by atoms with Crippen LogP contribution in [0.3, 0.4) is 0 Å². The quantitative estimate of drug-likeness (QED) is 0.705. The lowest BCUT2D eigenvalue weighted by atomic mass is 10.2. The Hall–Kier alpha value is -1.91. The number of carbonyl (C=O) groups excluding carboxylic acids is 1. The van der Waals surface area contributed by atoms with Crippen LogP contribution in [-0.4, -0.2) is 10.9 Å². The number of nitrogens with zero attached hydrogens (tertiary/aromatic N) is 1. The number of hydrogen-bond acceptors (Lipinski definition) is 2. The van der Waals surface area contributed by atoms with E-state index in [4.69, 9.17) is 11.6 Å². The Morgan fingerprint density at radius 1 is 1.14 bits per heavy atom. The first kappa shape index (κ1) is 14.0. The third-order valence-corrected chi connectivity index (χ3v) is 4.26. The molecule has 0 atom stereocenters. The van der Waals surface area contributed by atoms with Gasteiger partial charge in [0.1, 0.15) is 0 Å². The van der Waals surface area contributed by atoms with Crippen LogP contribution in [0.2, 0.25) is 5.02 Å². The van der Waals surface area contributed by atoms with Crippen LogP contribution >= 0.6 is 27.5 Å². The minimum absolute atomic E-state index is 0.221. The van der Waals surface area contributed by atoms with Gasteiger partial charge in [-0.05, 0) is 46.3 Å². The predicted octanol–water partition coefficient (Wildman–Crippen LogP) is 4.90. The van der Waals surface area contributed by atoms with Gasteiger partial charge < -0.3 is 5.32 Å². The van der Waals surface area contributed by atoms with Crippen LogP contribution in [0, 0.1) is 0 Å². The molecule has 0 bridgehead atoms. The molecule has 1 amide bonds. The van der Waals surface area contributed by atoms with Gasteiger partial charge in [-0.15, -0.1) is 0 Å². The number of fused-ring (bicyclic) bond motifs is 1. The van der Waals surface area contributed by atoms with E-state index in [0.717, 1.165) is 15.4 Å². The summed E-state index contributed by atoms with van der Waals surface area (Å²) >= 11 is 9.30. The fraction of sp³-hybridized carbons (Fsp3) is 0. The van der Waals surface area contributed by atoms with E-state index in [1.54, 1.807) is 24.4 Å². The second-order valence-electron chi connectivity index (χ2n) is 4.50. The molecule has 0 unspecified atom stereocenters. The summed E-state index contributed by atoms with van der Waals surface area (Å²) in [5.41, 5.74) is 2.04. The second kappa shape index (κ2) is 5.84. The molecule has 2 aromatic carbocycles. The first-order valence-electron chi connectivity index (χ1n) is 6.25. The number of halogens is 2. The Morgan fingerprint density at radius 3 is 2.76 bits per heavy atom. The number of para-hydroxylation sites is 1. The van der Waals surface area contributed by atoms with Gasteiger partial charge in [0.15, 0.2) is 0 Å². The van der Waals surface area contributed by atoms with Crippen LogP contribution < -0.4 is 5.32 Å². The molecule has 3 rings (SSSR count). The molecular weight excluding hydrogens is 352 g/mol. The zero-order valence-electron chi connectivity index (χ0n) is 10.8. The summed E-state index contributed by atoms with van der Waals surface area (Å²) in [6.45, 7) is 0. The number of carbonyl (C=O) groups is 1. The molecule has 0 aliphatic heterocycles. The van der Waals surface area contributed by atoms with Crippen molar-refractivity contribution >= 4 is 50.0 Å². The van der Waals surface area contributed by atoms with E-state index in [9.17, 15) is 4.79 Å². The van der Waals surface area contributed by atoms with Crippen molar-refractivity contribution in [2.75, 3.05) is 5.32 Å². The summed E-state index contributed by atoms with van der Waals surface area (Å²) in [6, 6.07) is 14.7. The summed E-state index contributed by atoms with van der Waals surface area (Å²) in [5.74, 6) is -0.221. The monoisotopic (exact) mass is 360 g/mol. The van der Waals surface area contributed by atoms with Gasteiger partial charge in [-0.3, -0.25) is 9.78 Å². The third-order valence-electron chi connectivity index (χ3n) is 3.03. The molecule has 104 valence electrons. The maximum Gasteiger partial charge on any atom is 0.255 e. The minimum atomic E-state index is -0.221. The molecule has 3 nitrogen and oxygen atoms in total. The van der Waals surface area contributed by atoms with Gasteiger partial charge in [-0.1, -0.05) is 29.8 Å². The Bertz CT molecular complexity index is 835. The van der Waals surface area contributed by atoms with Crippen molar-refractivity contribution in [1.82, 2.24) is 4.98 Å². The lowest BCUT2D eigenvalue weighted by Crippen LogP contribution is -2.12. The number of amides is 1. The van der Waals surface area contributed by atoms with Crippen LogP contribution in [0.1, 0.15) is 10.4 Å². The van der Waals surface area contributed by atoms with E-state index in [1.807, 2.05) is 30.3 Å². The first-order valence-corrected chi connectivity index (χ1v) is 7.42. The Morgan fingerprint density at radius 2 is 1.95 bits per heavy atom. The Balaban J connectivity index is 1.87. The van der Waals surface area contributed by atoms with Crippen LogP contribution in [0.4, 0.5) is 5.69 Å². The smallest absolute Gasteiger partial charge is 0.255 e. The number of hydrogen-bond donors (Lipinski definition) is 1. The number of rotatable bonds is 2. The zero-order valence-corrected chi connectivity index (χ0v) is 13.1. The summed E-state index contributed by atoms with van der Waals surface area (Å²) < 4.78 is 0.757. The highest BCUT2D eigenvalue weighted by Gasteiger charge is 2.09. The summed E-state index contributed by atoms with van der Waals surface area (Å²) in [7, 11) is 0. The van der Waals surface area contributed by atoms with E-state index < -0.39 is 0 Å². The number of anilines is 1. The minimum Gasteiger partial charge on any atom is -0.321 e. The maximum absolute atomic E-state index is 12.2. The molecule has 0 radical (unpaired) electrons. The number of nitrogens with one attached hydrogen (secondary N) is 1. The topological polar surface area (TPSA) is 42.0 Å². The second-order valence-corrected chi connectivity index (χ2v) is 5.76. The Kier molecular flexibility index (Phi) is 3.90. The van der Waals surface area contributed by atoms with Crippen molar-refractivity contribution in [3.63, 3.8) is 0 Å². The zero-order chi connectivity index (χ0) is 14.8. The van der Waals surface area contributed by atoms with E-state index in [0.29, 0.717) is 16.3 Å². The average molecular weight is 362 g/mol. The standard InChI is InChI=1S/C16H10BrClN2O/c17-13-6-5-11(8-14(13)18)16(21)20-12-7-10-3-1-2-4-15(10)19-9-12/h1-9H,(H,20,21). The third kappa shape index (κ3) is 3.06. The summed E-state index contributed by atoms with van der Waals surface area (Å²) in [5, 5.41) is 4.30. The van der Waals surface area contributed by atoms with Crippen LogP contribution in [0.15, 0.2) is 59.2 Å². The van der Waals surface area contributed by atoms with E-state index in [2.05, 4.69) is 26.2 Å². The van der Waals surface area contributed by atoms with Crippen LogP contribution in [0.5, 0.6) is 0 Å². The lowest BCUT2D eigenvalue weighted by Gasteiger charge is -2.07.